The minimum Gasteiger partial charge on any atom is -0.468 e. The first-order valence-electron chi connectivity index (χ1n) is 11.8. The molecule has 8 heteroatoms. The Bertz CT molecular complexity index is 941. The number of nitrogens with one attached hydrogen (secondary N) is 2. The van der Waals surface area contributed by atoms with Crippen molar-refractivity contribution in [1.82, 2.24) is 10.2 Å². The van der Waals surface area contributed by atoms with Crippen LogP contribution in [0.5, 0.6) is 0 Å². The number of likely N-dealkylation sites (tertiary alicyclic amines) is 1. The second-order valence-corrected chi connectivity index (χ2v) is 8.36. The lowest BCUT2D eigenvalue weighted by atomic mass is 10.0. The molecule has 2 N–H and O–H groups in total. The summed E-state index contributed by atoms with van der Waals surface area (Å²) in [5, 5.41) is 5.10. The summed E-state index contributed by atoms with van der Waals surface area (Å²) < 4.78 is 4.50. The van der Waals surface area contributed by atoms with Gasteiger partial charge in [-0.05, 0) is 49.1 Å². The van der Waals surface area contributed by atoms with Crippen LogP contribution in [0, 0.1) is 0 Å². The highest BCUT2D eigenvalue weighted by Crippen LogP contribution is 2.26. The number of hydrogen-bond donors (Lipinski definition) is 2. The molecule has 0 radical (unpaired) electrons. The summed E-state index contributed by atoms with van der Waals surface area (Å²) in [5.74, 6) is -0.426. The van der Waals surface area contributed by atoms with Crippen LogP contribution in [0.4, 0.5) is 16.2 Å². The maximum Gasteiger partial charge on any atom is 0.325 e. The minimum absolute atomic E-state index is 0.0965. The monoisotopic (exact) mass is 466 g/mol. The van der Waals surface area contributed by atoms with Gasteiger partial charge in [-0.15, -0.1) is 0 Å². The molecule has 1 saturated heterocycles. The fourth-order valence-corrected chi connectivity index (χ4v) is 4.17. The first-order valence-corrected chi connectivity index (χ1v) is 11.8. The lowest BCUT2D eigenvalue weighted by Gasteiger charge is -2.38. The fourth-order valence-electron chi connectivity index (χ4n) is 4.17. The van der Waals surface area contributed by atoms with E-state index in [0.717, 1.165) is 44.6 Å². The van der Waals surface area contributed by atoms with E-state index >= 15 is 0 Å². The van der Waals surface area contributed by atoms with Crippen molar-refractivity contribution in [3.63, 3.8) is 0 Å². The van der Waals surface area contributed by atoms with Crippen molar-refractivity contribution in [3.05, 3.63) is 60.2 Å². The number of rotatable bonds is 9. The Kier molecular flexibility index (Phi) is 9.46. The van der Waals surface area contributed by atoms with E-state index < -0.39 is 12.0 Å². The predicted molar refractivity (Wildman–Crippen MR) is 133 cm³/mol. The number of carbonyl (C=O) groups excluding carboxylic acids is 3. The summed E-state index contributed by atoms with van der Waals surface area (Å²) in [5.41, 5.74) is 2.75. The maximum absolute atomic E-state index is 12.8. The molecule has 0 aromatic heterocycles. The van der Waals surface area contributed by atoms with Gasteiger partial charge < -0.3 is 25.2 Å². The largest absolute Gasteiger partial charge is 0.468 e. The van der Waals surface area contributed by atoms with E-state index in [4.69, 9.17) is 0 Å². The number of benzene rings is 2. The van der Waals surface area contributed by atoms with Gasteiger partial charge in [0.15, 0.2) is 0 Å². The Labute approximate surface area is 201 Å². The van der Waals surface area contributed by atoms with Crippen molar-refractivity contribution in [1.29, 1.82) is 0 Å². The third kappa shape index (κ3) is 7.31. The van der Waals surface area contributed by atoms with E-state index in [2.05, 4.69) is 44.5 Å². The zero-order valence-corrected chi connectivity index (χ0v) is 20.0. The van der Waals surface area contributed by atoms with Crippen molar-refractivity contribution in [2.45, 2.75) is 38.6 Å². The van der Waals surface area contributed by atoms with Crippen molar-refractivity contribution < 1.29 is 19.1 Å². The highest BCUT2D eigenvalue weighted by Gasteiger charge is 2.28. The highest BCUT2D eigenvalue weighted by atomic mass is 16.5. The van der Waals surface area contributed by atoms with Gasteiger partial charge in [-0.1, -0.05) is 37.3 Å². The molecule has 1 aliphatic rings. The Balaban J connectivity index is 1.55. The Morgan fingerprint density at radius 1 is 1.03 bits per heavy atom. The SMILES string of the molecule is CCC(=O)N(c1ccc(NC(=O)NCC(=O)OC)cc1)C1CCN(CCc2ccccc2)CC1. The average Bonchev–Trinajstić information content (AvgIpc) is 2.88. The number of ether oxygens (including phenoxy) is 1. The van der Waals surface area contributed by atoms with Gasteiger partial charge in [0.1, 0.15) is 6.54 Å². The van der Waals surface area contributed by atoms with Gasteiger partial charge >= 0.3 is 12.0 Å². The second kappa shape index (κ2) is 12.7. The molecule has 8 nitrogen and oxygen atoms in total. The normalized spacial score (nSPS) is 14.3. The van der Waals surface area contributed by atoms with Gasteiger partial charge in [-0.3, -0.25) is 9.59 Å². The van der Waals surface area contributed by atoms with Gasteiger partial charge in [-0.25, -0.2) is 4.79 Å². The molecule has 2 aromatic rings. The molecule has 0 unspecified atom stereocenters. The van der Waals surface area contributed by atoms with Gasteiger partial charge in [0.05, 0.1) is 7.11 Å². The number of piperidine rings is 1. The molecule has 0 atom stereocenters. The molecule has 1 fully saturated rings. The van der Waals surface area contributed by atoms with Crippen LogP contribution in [0.3, 0.4) is 0 Å². The molecular weight excluding hydrogens is 432 g/mol. The fraction of sp³-hybridized carbons (Fsp3) is 0.423. The number of hydrogen-bond acceptors (Lipinski definition) is 5. The lowest BCUT2D eigenvalue weighted by molar-refractivity contribution is -0.139. The van der Waals surface area contributed by atoms with Gasteiger partial charge in [0, 0.05) is 43.5 Å². The number of methoxy groups -OCH3 is 1. The number of urea groups is 1. The van der Waals surface area contributed by atoms with Crippen LogP contribution < -0.4 is 15.5 Å². The lowest BCUT2D eigenvalue weighted by Crippen LogP contribution is -2.47. The van der Waals surface area contributed by atoms with E-state index in [1.807, 2.05) is 30.0 Å². The van der Waals surface area contributed by atoms with Crippen LogP contribution in [0.2, 0.25) is 0 Å². The number of esters is 1. The summed E-state index contributed by atoms with van der Waals surface area (Å²) >= 11 is 0. The quantitative estimate of drug-likeness (QED) is 0.553. The topological polar surface area (TPSA) is 91.0 Å². The van der Waals surface area contributed by atoms with Crippen molar-refractivity contribution >= 4 is 29.3 Å². The van der Waals surface area contributed by atoms with Gasteiger partial charge in [0.25, 0.3) is 0 Å². The zero-order valence-electron chi connectivity index (χ0n) is 20.0. The molecular formula is C26H34N4O4. The molecule has 3 amide bonds. The van der Waals surface area contributed by atoms with E-state index in [9.17, 15) is 14.4 Å². The standard InChI is InChI=1S/C26H34N4O4/c1-3-24(31)30(22-11-9-21(10-12-22)28-26(33)27-19-25(32)34-2)23-14-17-29(18-15-23)16-13-20-7-5-4-6-8-20/h4-12,23H,3,13-19H2,1-2H3,(H2,27,28,33). The third-order valence-corrected chi connectivity index (χ3v) is 6.08. The Hall–Kier alpha value is -3.39. The van der Waals surface area contributed by atoms with Crippen molar-refractivity contribution in [2.75, 3.05) is 43.5 Å². The van der Waals surface area contributed by atoms with E-state index in [1.165, 1.54) is 12.7 Å². The van der Waals surface area contributed by atoms with Crippen LogP contribution in [-0.4, -0.2) is 62.1 Å². The molecule has 0 aliphatic carbocycles. The third-order valence-electron chi connectivity index (χ3n) is 6.08. The zero-order chi connectivity index (χ0) is 24.3. The van der Waals surface area contributed by atoms with Gasteiger partial charge in [0.2, 0.25) is 5.91 Å². The molecule has 182 valence electrons. The molecule has 0 bridgehead atoms. The van der Waals surface area contributed by atoms with Crippen LogP contribution >= 0.6 is 0 Å². The Morgan fingerprint density at radius 2 is 1.71 bits per heavy atom. The number of anilines is 2. The molecule has 34 heavy (non-hydrogen) atoms. The molecule has 1 aliphatic heterocycles. The number of nitrogens with zero attached hydrogens (tertiary/aromatic N) is 2. The van der Waals surface area contributed by atoms with Crippen molar-refractivity contribution in [2.24, 2.45) is 0 Å². The smallest absolute Gasteiger partial charge is 0.325 e. The van der Waals surface area contributed by atoms with Crippen LogP contribution in [0.25, 0.3) is 0 Å². The summed E-state index contributed by atoms with van der Waals surface area (Å²) in [6, 6.07) is 17.4. The summed E-state index contributed by atoms with van der Waals surface area (Å²) in [7, 11) is 1.26. The first-order chi connectivity index (χ1) is 16.5. The predicted octanol–water partition coefficient (Wildman–Crippen LogP) is 3.43. The van der Waals surface area contributed by atoms with Crippen LogP contribution in [0.15, 0.2) is 54.6 Å². The molecule has 0 saturated carbocycles. The molecule has 2 aromatic carbocycles. The summed E-state index contributed by atoms with van der Waals surface area (Å²) in [6.07, 6.45) is 3.32. The molecule has 3 rings (SSSR count). The average molecular weight is 467 g/mol. The molecule has 1 heterocycles. The maximum atomic E-state index is 12.8. The number of carbonyl (C=O) groups is 3. The van der Waals surface area contributed by atoms with Crippen LogP contribution in [-0.2, 0) is 20.7 Å². The first kappa shape index (κ1) is 25.2. The van der Waals surface area contributed by atoms with E-state index in [-0.39, 0.29) is 18.5 Å². The second-order valence-electron chi connectivity index (χ2n) is 8.36. The van der Waals surface area contributed by atoms with Gasteiger partial charge in [-0.2, -0.15) is 0 Å². The highest BCUT2D eigenvalue weighted by molar-refractivity contribution is 5.95. The minimum atomic E-state index is -0.523. The van der Waals surface area contributed by atoms with Crippen LogP contribution in [0.1, 0.15) is 31.7 Å². The molecule has 0 spiro atoms. The number of amides is 3. The van der Waals surface area contributed by atoms with Crippen molar-refractivity contribution in [3.8, 4) is 0 Å². The van der Waals surface area contributed by atoms with E-state index in [1.54, 1.807) is 12.1 Å². The summed E-state index contributed by atoms with van der Waals surface area (Å²) in [4.78, 5) is 40.3. The summed E-state index contributed by atoms with van der Waals surface area (Å²) in [6.45, 7) is 4.63. The van der Waals surface area contributed by atoms with E-state index in [0.29, 0.717) is 12.1 Å². The Morgan fingerprint density at radius 3 is 2.32 bits per heavy atom.